The topological polar surface area (TPSA) is 56.7 Å². The van der Waals surface area contributed by atoms with Crippen molar-refractivity contribution in [2.24, 2.45) is 5.73 Å². The third-order valence-electron chi connectivity index (χ3n) is 3.10. The summed E-state index contributed by atoms with van der Waals surface area (Å²) < 4.78 is 2.04. The van der Waals surface area contributed by atoms with Gasteiger partial charge in [0.05, 0.1) is 5.69 Å². The molecule has 17 heavy (non-hydrogen) atoms. The van der Waals surface area contributed by atoms with Crippen LogP contribution < -0.4 is 5.73 Å². The first-order valence-corrected chi connectivity index (χ1v) is 5.84. The number of nitrogens with two attached hydrogens (primary N) is 1. The molecule has 90 valence electrons. The van der Waals surface area contributed by atoms with Crippen LogP contribution in [-0.2, 0) is 19.5 Å². The van der Waals surface area contributed by atoms with E-state index in [-0.39, 0.29) is 0 Å². The van der Waals surface area contributed by atoms with Crippen molar-refractivity contribution in [3.05, 3.63) is 47.0 Å². The van der Waals surface area contributed by atoms with Crippen LogP contribution in [0.4, 0.5) is 0 Å². The average molecular weight is 230 g/mol. The van der Waals surface area contributed by atoms with E-state index in [4.69, 9.17) is 5.73 Å². The third kappa shape index (κ3) is 2.53. The molecule has 0 atom stereocenters. The monoisotopic (exact) mass is 230 g/mol. The minimum absolute atomic E-state index is 0.562. The maximum absolute atomic E-state index is 5.71. The lowest BCUT2D eigenvalue weighted by atomic mass is 10.2. The van der Waals surface area contributed by atoms with Gasteiger partial charge in [-0.25, -0.2) is 0 Å². The van der Waals surface area contributed by atoms with Gasteiger partial charge in [-0.3, -0.25) is 9.67 Å². The van der Waals surface area contributed by atoms with Gasteiger partial charge < -0.3 is 5.73 Å². The van der Waals surface area contributed by atoms with Crippen molar-refractivity contribution in [1.29, 1.82) is 0 Å². The molecular formula is C13H18N4. The van der Waals surface area contributed by atoms with E-state index in [0.29, 0.717) is 6.54 Å². The largest absolute Gasteiger partial charge is 0.326 e. The molecule has 0 aliphatic rings. The molecule has 0 radical (unpaired) electrons. The number of pyridine rings is 1. The second kappa shape index (κ2) is 5.10. The lowest BCUT2D eigenvalue weighted by Gasteiger charge is -2.05. The Balaban J connectivity index is 2.10. The number of aromatic nitrogens is 3. The lowest BCUT2D eigenvalue weighted by Crippen LogP contribution is -2.06. The van der Waals surface area contributed by atoms with Crippen LogP contribution in [0.15, 0.2) is 24.5 Å². The predicted octanol–water partition coefficient (Wildman–Crippen LogP) is 1.60. The summed E-state index contributed by atoms with van der Waals surface area (Å²) in [6.07, 6.45) is 4.61. The minimum Gasteiger partial charge on any atom is -0.326 e. The quantitative estimate of drug-likeness (QED) is 0.868. The maximum atomic E-state index is 5.71. The summed E-state index contributed by atoms with van der Waals surface area (Å²) in [4.78, 5) is 4.01. The van der Waals surface area contributed by atoms with Crippen LogP contribution in [0.2, 0.25) is 0 Å². The standard InChI is InChI=1S/C13H18N4/c1-10-13(9-14)11(2)17(16-10)8-5-12-3-6-15-7-4-12/h3-4,6-7H,5,8-9,14H2,1-2H3. The molecule has 2 aromatic heterocycles. The molecule has 0 aliphatic heterocycles. The first-order chi connectivity index (χ1) is 8.22. The number of hydrogen-bond acceptors (Lipinski definition) is 3. The van der Waals surface area contributed by atoms with Crippen LogP contribution in [0.1, 0.15) is 22.5 Å². The van der Waals surface area contributed by atoms with E-state index < -0.39 is 0 Å². The van der Waals surface area contributed by atoms with Crippen molar-refractivity contribution >= 4 is 0 Å². The van der Waals surface area contributed by atoms with Crippen molar-refractivity contribution < 1.29 is 0 Å². The highest BCUT2D eigenvalue weighted by atomic mass is 15.3. The summed E-state index contributed by atoms with van der Waals surface area (Å²) in [5, 5.41) is 4.52. The Morgan fingerprint density at radius 3 is 2.53 bits per heavy atom. The molecule has 0 aromatic carbocycles. The first kappa shape index (κ1) is 11.8. The van der Waals surface area contributed by atoms with Gasteiger partial charge in [0.1, 0.15) is 0 Å². The van der Waals surface area contributed by atoms with Crippen molar-refractivity contribution in [3.63, 3.8) is 0 Å². The maximum Gasteiger partial charge on any atom is 0.0641 e. The Labute approximate surface area is 101 Å². The van der Waals surface area contributed by atoms with Gasteiger partial charge in [0.15, 0.2) is 0 Å². The summed E-state index contributed by atoms with van der Waals surface area (Å²) in [5.74, 6) is 0. The highest BCUT2D eigenvalue weighted by Crippen LogP contribution is 2.12. The predicted molar refractivity (Wildman–Crippen MR) is 67.5 cm³/mol. The normalized spacial score (nSPS) is 10.8. The molecule has 2 heterocycles. The molecule has 0 bridgehead atoms. The van der Waals surface area contributed by atoms with E-state index in [1.807, 2.05) is 36.1 Å². The number of aryl methyl sites for hydroxylation is 3. The number of nitrogens with zero attached hydrogens (tertiary/aromatic N) is 3. The molecule has 4 nitrogen and oxygen atoms in total. The zero-order valence-electron chi connectivity index (χ0n) is 10.3. The van der Waals surface area contributed by atoms with Gasteiger partial charge in [0.25, 0.3) is 0 Å². The number of hydrogen-bond donors (Lipinski definition) is 1. The van der Waals surface area contributed by atoms with Gasteiger partial charge in [-0.1, -0.05) is 0 Å². The fourth-order valence-electron chi connectivity index (χ4n) is 2.03. The summed E-state index contributed by atoms with van der Waals surface area (Å²) in [6, 6.07) is 4.07. The minimum atomic E-state index is 0.562. The van der Waals surface area contributed by atoms with Gasteiger partial charge in [-0.2, -0.15) is 5.10 Å². The Hall–Kier alpha value is -1.68. The van der Waals surface area contributed by atoms with Crippen molar-refractivity contribution in [2.45, 2.75) is 33.4 Å². The first-order valence-electron chi connectivity index (χ1n) is 5.84. The Morgan fingerprint density at radius 1 is 1.24 bits per heavy atom. The van der Waals surface area contributed by atoms with E-state index in [2.05, 4.69) is 17.0 Å². The highest BCUT2D eigenvalue weighted by Gasteiger charge is 2.09. The van der Waals surface area contributed by atoms with Gasteiger partial charge >= 0.3 is 0 Å². The molecular weight excluding hydrogens is 212 g/mol. The highest BCUT2D eigenvalue weighted by molar-refractivity contribution is 5.24. The summed E-state index contributed by atoms with van der Waals surface area (Å²) in [7, 11) is 0. The van der Waals surface area contributed by atoms with Gasteiger partial charge in [0.2, 0.25) is 0 Å². The SMILES string of the molecule is Cc1nn(CCc2ccncc2)c(C)c1CN. The molecule has 0 fully saturated rings. The van der Waals surface area contributed by atoms with E-state index in [1.165, 1.54) is 16.8 Å². The lowest BCUT2D eigenvalue weighted by molar-refractivity contribution is 0.593. The molecule has 0 aliphatic carbocycles. The molecule has 0 saturated heterocycles. The van der Waals surface area contributed by atoms with Gasteiger partial charge in [-0.05, 0) is 38.0 Å². The van der Waals surface area contributed by atoms with Gasteiger partial charge in [-0.15, -0.1) is 0 Å². The van der Waals surface area contributed by atoms with E-state index in [0.717, 1.165) is 18.7 Å². The molecule has 0 spiro atoms. The molecule has 0 unspecified atom stereocenters. The number of rotatable bonds is 4. The summed E-state index contributed by atoms with van der Waals surface area (Å²) in [6.45, 7) is 5.54. The smallest absolute Gasteiger partial charge is 0.0641 e. The van der Waals surface area contributed by atoms with Crippen LogP contribution in [0.25, 0.3) is 0 Å². The zero-order chi connectivity index (χ0) is 12.3. The van der Waals surface area contributed by atoms with Crippen molar-refractivity contribution in [2.75, 3.05) is 0 Å². The molecule has 0 amide bonds. The molecule has 4 heteroatoms. The van der Waals surface area contributed by atoms with Crippen molar-refractivity contribution in [3.8, 4) is 0 Å². The third-order valence-corrected chi connectivity index (χ3v) is 3.10. The van der Waals surface area contributed by atoms with Crippen LogP contribution in [-0.4, -0.2) is 14.8 Å². The molecule has 2 N–H and O–H groups in total. The van der Waals surface area contributed by atoms with Gasteiger partial charge in [0, 0.05) is 36.7 Å². The van der Waals surface area contributed by atoms with Crippen molar-refractivity contribution in [1.82, 2.24) is 14.8 Å². The van der Waals surface area contributed by atoms with E-state index in [9.17, 15) is 0 Å². The van der Waals surface area contributed by atoms with Crippen LogP contribution in [0.3, 0.4) is 0 Å². The average Bonchev–Trinajstić information content (AvgIpc) is 2.63. The fourth-order valence-corrected chi connectivity index (χ4v) is 2.03. The van der Waals surface area contributed by atoms with Crippen LogP contribution in [0, 0.1) is 13.8 Å². The van der Waals surface area contributed by atoms with E-state index in [1.54, 1.807) is 0 Å². The van der Waals surface area contributed by atoms with Crippen LogP contribution >= 0.6 is 0 Å². The Morgan fingerprint density at radius 2 is 1.94 bits per heavy atom. The Kier molecular flexibility index (Phi) is 3.54. The second-order valence-electron chi connectivity index (χ2n) is 4.18. The molecule has 0 saturated carbocycles. The Bertz CT molecular complexity index is 488. The van der Waals surface area contributed by atoms with Crippen LogP contribution in [0.5, 0.6) is 0 Å². The zero-order valence-corrected chi connectivity index (χ0v) is 10.3. The summed E-state index contributed by atoms with van der Waals surface area (Å²) in [5.41, 5.74) is 10.4. The second-order valence-corrected chi connectivity index (χ2v) is 4.18. The summed E-state index contributed by atoms with van der Waals surface area (Å²) >= 11 is 0. The molecule has 2 rings (SSSR count). The molecule has 2 aromatic rings. The van der Waals surface area contributed by atoms with E-state index >= 15 is 0 Å². The fraction of sp³-hybridized carbons (Fsp3) is 0.385.